The molecule has 0 aliphatic rings. The molecule has 2 nitrogen and oxygen atoms in total. The van der Waals surface area contributed by atoms with E-state index < -0.39 is 14.8 Å². The van der Waals surface area contributed by atoms with Crippen LogP contribution in [-0.2, 0) is 0 Å². The molecule has 0 unspecified atom stereocenters. The molecular weight excluding hydrogens is 161 g/mol. The predicted octanol–water partition coefficient (Wildman–Crippen LogP) is 0.228. The Bertz CT molecular complexity index is 55.4. The fourth-order valence-corrected chi connectivity index (χ4v) is 2.08. The average molecular weight is 176 g/mol. The second-order valence-corrected chi connectivity index (χ2v) is 8.39. The van der Waals surface area contributed by atoms with E-state index in [0.29, 0.717) is 0 Å². The van der Waals surface area contributed by atoms with Crippen LogP contribution in [0.1, 0.15) is 0 Å². The van der Waals surface area contributed by atoms with E-state index in [-0.39, 0.29) is 0 Å². The van der Waals surface area contributed by atoms with Gasteiger partial charge in [-0.1, -0.05) is 0 Å². The Hall–Kier alpha value is 0.463. The number of hydrogen-bond donors (Lipinski definition) is 0. The van der Waals surface area contributed by atoms with Gasteiger partial charge in [0.2, 0.25) is 0 Å². The van der Waals surface area contributed by atoms with Crippen LogP contribution in [0, 0.1) is 0 Å². The summed E-state index contributed by atoms with van der Waals surface area (Å²) in [7, 11) is 8.59. The van der Waals surface area contributed by atoms with E-state index in [1.165, 1.54) is 0 Å². The Morgan fingerprint density at radius 1 is 0.875 bits per heavy atom. The normalized spacial score (nSPS) is 12.0. The summed E-state index contributed by atoms with van der Waals surface area (Å²) in [6.45, 7) is 0. The number of rotatable bonds is 2. The molecule has 8 heavy (non-hydrogen) atoms. The Labute approximate surface area is 57.0 Å². The molecule has 0 saturated carbocycles. The first-order chi connectivity index (χ1) is 3.55. The van der Waals surface area contributed by atoms with E-state index in [1.807, 2.05) is 0 Å². The third-order valence-electron chi connectivity index (χ3n) is 1.29. The molecule has 0 aromatic carbocycles. The molecule has 0 aliphatic carbocycles. The molecular formula is C5H15GeN2. The zero-order valence-corrected chi connectivity index (χ0v) is 8.49. The van der Waals surface area contributed by atoms with Gasteiger partial charge in [0.1, 0.15) is 0 Å². The van der Waals surface area contributed by atoms with Gasteiger partial charge in [-0.25, -0.2) is 0 Å². The summed E-state index contributed by atoms with van der Waals surface area (Å²) >= 11 is -0.926. The molecule has 0 saturated heterocycles. The molecule has 1 radical (unpaired) electrons. The SMILES string of the molecule is C[N](C)[Ge]([CH3])[N](C)C. The fraction of sp³-hybridized carbons (Fsp3) is 1.00. The van der Waals surface area contributed by atoms with Gasteiger partial charge in [0.25, 0.3) is 0 Å². The van der Waals surface area contributed by atoms with Crippen LogP contribution >= 0.6 is 0 Å². The average Bonchev–Trinajstić information content (AvgIpc) is 1.64. The standard InChI is InChI=1S/C5H15GeN2/c1-6(7(2)3)8(4)5/h1-5H3. The summed E-state index contributed by atoms with van der Waals surface area (Å²) in [5.41, 5.74) is 0. The molecule has 49 valence electrons. The van der Waals surface area contributed by atoms with Crippen molar-refractivity contribution >= 4 is 14.8 Å². The van der Waals surface area contributed by atoms with E-state index in [4.69, 9.17) is 0 Å². The second-order valence-electron chi connectivity index (χ2n) is 2.34. The second kappa shape index (κ2) is 3.48. The Morgan fingerprint density at radius 2 is 1.12 bits per heavy atom. The van der Waals surface area contributed by atoms with Gasteiger partial charge in [-0.3, -0.25) is 0 Å². The molecule has 0 heterocycles. The van der Waals surface area contributed by atoms with Crippen LogP contribution in [0.4, 0.5) is 0 Å². The predicted molar refractivity (Wildman–Crippen MR) is 39.0 cm³/mol. The van der Waals surface area contributed by atoms with E-state index in [2.05, 4.69) is 41.7 Å². The molecule has 3 heteroatoms. The van der Waals surface area contributed by atoms with Crippen molar-refractivity contribution in [2.75, 3.05) is 28.2 Å². The van der Waals surface area contributed by atoms with Crippen molar-refractivity contribution in [3.05, 3.63) is 0 Å². The van der Waals surface area contributed by atoms with Gasteiger partial charge in [-0.05, 0) is 0 Å². The first kappa shape index (κ1) is 8.46. The molecule has 0 rings (SSSR count). The van der Waals surface area contributed by atoms with Crippen molar-refractivity contribution in [2.45, 2.75) is 5.76 Å². The van der Waals surface area contributed by atoms with Crippen molar-refractivity contribution in [3.8, 4) is 0 Å². The summed E-state index contributed by atoms with van der Waals surface area (Å²) < 4.78 is 4.67. The van der Waals surface area contributed by atoms with Crippen molar-refractivity contribution in [3.63, 3.8) is 0 Å². The first-order valence-electron chi connectivity index (χ1n) is 2.74. The van der Waals surface area contributed by atoms with Gasteiger partial charge in [0, 0.05) is 0 Å². The minimum atomic E-state index is -0.926. The molecule has 0 amide bonds. The number of nitrogens with zero attached hydrogens (tertiary/aromatic N) is 2. The van der Waals surface area contributed by atoms with Crippen molar-refractivity contribution in [1.29, 1.82) is 0 Å². The fourth-order valence-electron chi connectivity index (χ4n) is 0.400. The van der Waals surface area contributed by atoms with E-state index in [0.717, 1.165) is 0 Å². The first-order valence-corrected chi connectivity index (χ1v) is 6.71. The third kappa shape index (κ3) is 2.69. The summed E-state index contributed by atoms with van der Waals surface area (Å²) in [4.78, 5) is 0. The summed E-state index contributed by atoms with van der Waals surface area (Å²) in [6.07, 6.45) is 0. The monoisotopic (exact) mass is 177 g/mol. The van der Waals surface area contributed by atoms with Gasteiger partial charge in [-0.2, -0.15) is 0 Å². The molecule has 0 atom stereocenters. The maximum atomic E-state index is 2.33. The zero-order valence-electron chi connectivity index (χ0n) is 6.39. The molecule has 0 N–H and O–H groups in total. The molecule has 0 spiro atoms. The molecule has 0 aliphatic heterocycles. The molecule has 0 fully saturated rings. The zero-order chi connectivity index (χ0) is 6.73. The van der Waals surface area contributed by atoms with Gasteiger partial charge < -0.3 is 0 Å². The van der Waals surface area contributed by atoms with Gasteiger partial charge >= 0.3 is 56.5 Å². The van der Waals surface area contributed by atoms with Gasteiger partial charge in [0.15, 0.2) is 0 Å². The van der Waals surface area contributed by atoms with Crippen LogP contribution in [0.25, 0.3) is 0 Å². The Kier molecular flexibility index (Phi) is 3.68. The van der Waals surface area contributed by atoms with Gasteiger partial charge in [0.05, 0.1) is 0 Å². The topological polar surface area (TPSA) is 6.48 Å². The van der Waals surface area contributed by atoms with Crippen molar-refractivity contribution in [1.82, 2.24) is 7.71 Å². The minimum absolute atomic E-state index is 0.926. The van der Waals surface area contributed by atoms with Crippen LogP contribution < -0.4 is 0 Å². The molecule has 0 bridgehead atoms. The summed E-state index contributed by atoms with van der Waals surface area (Å²) in [5, 5.41) is 0. The van der Waals surface area contributed by atoms with Crippen LogP contribution in [0.3, 0.4) is 0 Å². The van der Waals surface area contributed by atoms with E-state index >= 15 is 0 Å². The third-order valence-corrected chi connectivity index (χ3v) is 6.73. The van der Waals surface area contributed by atoms with Crippen LogP contribution in [0.2, 0.25) is 5.76 Å². The Morgan fingerprint density at radius 3 is 1.12 bits per heavy atom. The molecule has 0 aromatic heterocycles. The summed E-state index contributed by atoms with van der Waals surface area (Å²) in [6, 6.07) is 0. The van der Waals surface area contributed by atoms with Gasteiger partial charge in [-0.15, -0.1) is 0 Å². The number of hydrogen-bond acceptors (Lipinski definition) is 2. The van der Waals surface area contributed by atoms with Crippen LogP contribution in [-0.4, -0.2) is 50.7 Å². The summed E-state index contributed by atoms with van der Waals surface area (Å²) in [5.74, 6) is 2.33. The van der Waals surface area contributed by atoms with Crippen molar-refractivity contribution < 1.29 is 0 Å². The Balaban J connectivity index is 3.46. The van der Waals surface area contributed by atoms with Crippen molar-refractivity contribution in [2.24, 2.45) is 0 Å². The quantitative estimate of drug-likeness (QED) is 0.555. The maximum absolute atomic E-state index is 2.33. The molecule has 0 aromatic rings. The van der Waals surface area contributed by atoms with E-state index in [1.54, 1.807) is 0 Å². The van der Waals surface area contributed by atoms with Crippen LogP contribution in [0.15, 0.2) is 0 Å². The van der Waals surface area contributed by atoms with E-state index in [9.17, 15) is 0 Å². The van der Waals surface area contributed by atoms with Crippen LogP contribution in [0.5, 0.6) is 0 Å².